The summed E-state index contributed by atoms with van der Waals surface area (Å²) in [6, 6.07) is 18.8. The number of fused-ring (bicyclic) bond motifs is 1. The third-order valence-electron chi connectivity index (χ3n) is 4.27. The van der Waals surface area contributed by atoms with E-state index in [0.29, 0.717) is 12.0 Å². The zero-order chi connectivity index (χ0) is 17.2. The Hall–Kier alpha value is -2.66. The smallest absolute Gasteiger partial charge is 0.252 e. The van der Waals surface area contributed by atoms with E-state index in [1.807, 2.05) is 54.6 Å². The molecule has 124 valence electrons. The molecule has 0 spiro atoms. The minimum atomic E-state index is -0.399. The molecule has 1 aliphatic heterocycles. The van der Waals surface area contributed by atoms with E-state index in [2.05, 4.69) is 10.3 Å². The number of hydrogen-bond acceptors (Lipinski definition) is 4. The number of thioether (sulfide) groups is 1. The summed E-state index contributed by atoms with van der Waals surface area (Å²) in [6.07, 6.45) is 0.684. The summed E-state index contributed by atoms with van der Waals surface area (Å²) >= 11 is 1.28. The van der Waals surface area contributed by atoms with Crippen LogP contribution < -0.4 is 5.32 Å². The van der Waals surface area contributed by atoms with Gasteiger partial charge >= 0.3 is 0 Å². The summed E-state index contributed by atoms with van der Waals surface area (Å²) in [5.74, 6) is 0.535. The normalized spacial score (nSPS) is 17.0. The maximum absolute atomic E-state index is 12.8. The minimum Gasteiger partial charge on any atom is -0.341 e. The van der Waals surface area contributed by atoms with Crippen LogP contribution in [0.15, 0.2) is 60.7 Å². The SMILES string of the molecule is O=C(N[C@H]1CCSC1=O)c1cc(-c2ccccc2)nc2ccccc12. The Morgan fingerprint density at radius 1 is 1.08 bits per heavy atom. The Kier molecular flexibility index (Phi) is 4.24. The van der Waals surface area contributed by atoms with Gasteiger partial charge in [0.05, 0.1) is 22.8 Å². The zero-order valence-corrected chi connectivity index (χ0v) is 14.3. The molecule has 1 fully saturated rings. The Morgan fingerprint density at radius 3 is 2.60 bits per heavy atom. The first-order chi connectivity index (χ1) is 12.2. The number of aromatic nitrogens is 1. The molecule has 3 aromatic rings. The standard InChI is InChI=1S/C20H16N2O2S/c23-19(22-17-10-11-25-20(17)24)15-12-18(13-6-2-1-3-7-13)21-16-9-5-4-8-14(15)16/h1-9,12,17H,10-11H2,(H,22,23)/t17-/m0/s1. The van der Waals surface area contributed by atoms with Crippen molar-refractivity contribution in [3.63, 3.8) is 0 Å². The molecule has 0 aliphatic carbocycles. The summed E-state index contributed by atoms with van der Waals surface area (Å²) in [5.41, 5.74) is 3.02. The number of hydrogen-bond donors (Lipinski definition) is 1. The summed E-state index contributed by atoms with van der Waals surface area (Å²) in [7, 11) is 0. The van der Waals surface area contributed by atoms with E-state index in [4.69, 9.17) is 0 Å². The van der Waals surface area contributed by atoms with Gasteiger partial charge in [0.1, 0.15) is 0 Å². The van der Waals surface area contributed by atoms with Gasteiger partial charge in [0, 0.05) is 16.7 Å². The summed E-state index contributed by atoms with van der Waals surface area (Å²) in [6.45, 7) is 0. The fourth-order valence-corrected chi connectivity index (χ4v) is 3.92. The van der Waals surface area contributed by atoms with Gasteiger partial charge in [-0.25, -0.2) is 4.98 Å². The third kappa shape index (κ3) is 3.15. The number of benzene rings is 2. The largest absolute Gasteiger partial charge is 0.341 e. The molecule has 0 bridgehead atoms. The van der Waals surface area contributed by atoms with Crippen molar-refractivity contribution >= 4 is 33.7 Å². The van der Waals surface area contributed by atoms with E-state index in [-0.39, 0.29) is 11.0 Å². The van der Waals surface area contributed by atoms with Crippen molar-refractivity contribution in [3.8, 4) is 11.3 Å². The number of carbonyl (C=O) groups excluding carboxylic acids is 2. The average molecular weight is 348 g/mol. The molecule has 1 amide bonds. The molecular weight excluding hydrogens is 332 g/mol. The molecule has 0 unspecified atom stereocenters. The number of pyridine rings is 1. The highest BCUT2D eigenvalue weighted by Gasteiger charge is 2.27. The molecule has 1 atom stereocenters. The number of amides is 1. The van der Waals surface area contributed by atoms with Crippen molar-refractivity contribution in [2.75, 3.05) is 5.75 Å². The summed E-state index contributed by atoms with van der Waals surface area (Å²) < 4.78 is 0. The molecule has 4 nitrogen and oxygen atoms in total. The van der Waals surface area contributed by atoms with Gasteiger partial charge < -0.3 is 5.32 Å². The van der Waals surface area contributed by atoms with Crippen molar-refractivity contribution in [3.05, 3.63) is 66.2 Å². The highest BCUT2D eigenvalue weighted by Crippen LogP contribution is 2.26. The fraction of sp³-hybridized carbons (Fsp3) is 0.150. The molecule has 2 aromatic carbocycles. The molecule has 0 radical (unpaired) electrons. The highest BCUT2D eigenvalue weighted by atomic mass is 32.2. The van der Waals surface area contributed by atoms with Crippen molar-refractivity contribution < 1.29 is 9.59 Å². The van der Waals surface area contributed by atoms with Crippen LogP contribution in [0.5, 0.6) is 0 Å². The van der Waals surface area contributed by atoms with Crippen LogP contribution in [0.4, 0.5) is 0 Å². The molecule has 0 saturated carbocycles. The van der Waals surface area contributed by atoms with E-state index in [1.54, 1.807) is 6.07 Å². The number of rotatable bonds is 3. The number of carbonyl (C=O) groups is 2. The van der Waals surface area contributed by atoms with E-state index >= 15 is 0 Å². The van der Waals surface area contributed by atoms with Crippen LogP contribution in [-0.2, 0) is 4.79 Å². The van der Waals surface area contributed by atoms with Crippen molar-refractivity contribution in [1.29, 1.82) is 0 Å². The lowest BCUT2D eigenvalue weighted by Crippen LogP contribution is -2.37. The summed E-state index contributed by atoms with van der Waals surface area (Å²) in [4.78, 5) is 29.4. The van der Waals surface area contributed by atoms with Gasteiger partial charge in [-0.3, -0.25) is 9.59 Å². The van der Waals surface area contributed by atoms with Crippen LogP contribution in [-0.4, -0.2) is 27.8 Å². The Labute approximate surface area is 149 Å². The van der Waals surface area contributed by atoms with Crippen LogP contribution >= 0.6 is 11.8 Å². The molecule has 25 heavy (non-hydrogen) atoms. The van der Waals surface area contributed by atoms with Crippen molar-refractivity contribution in [2.24, 2.45) is 0 Å². The fourth-order valence-electron chi connectivity index (χ4n) is 2.98. The van der Waals surface area contributed by atoms with E-state index in [0.717, 1.165) is 27.9 Å². The first kappa shape index (κ1) is 15.8. The first-order valence-electron chi connectivity index (χ1n) is 8.15. The lowest BCUT2D eigenvalue weighted by Gasteiger charge is -2.13. The van der Waals surface area contributed by atoms with E-state index < -0.39 is 6.04 Å². The monoisotopic (exact) mass is 348 g/mol. The molecule has 1 aromatic heterocycles. The van der Waals surface area contributed by atoms with Crippen LogP contribution in [0.3, 0.4) is 0 Å². The van der Waals surface area contributed by atoms with Crippen LogP contribution in [0.2, 0.25) is 0 Å². The van der Waals surface area contributed by atoms with Gasteiger partial charge in [-0.1, -0.05) is 60.3 Å². The van der Waals surface area contributed by atoms with Gasteiger partial charge in [-0.2, -0.15) is 0 Å². The maximum Gasteiger partial charge on any atom is 0.252 e. The third-order valence-corrected chi connectivity index (χ3v) is 5.28. The highest BCUT2D eigenvalue weighted by molar-refractivity contribution is 8.14. The molecule has 5 heteroatoms. The van der Waals surface area contributed by atoms with Gasteiger partial charge in [0.2, 0.25) is 5.12 Å². The van der Waals surface area contributed by atoms with Gasteiger partial charge in [-0.05, 0) is 18.6 Å². The quantitative estimate of drug-likeness (QED) is 0.785. The van der Waals surface area contributed by atoms with Crippen LogP contribution in [0, 0.1) is 0 Å². The van der Waals surface area contributed by atoms with E-state index in [9.17, 15) is 9.59 Å². The Morgan fingerprint density at radius 2 is 1.84 bits per heavy atom. The predicted molar refractivity (Wildman–Crippen MR) is 101 cm³/mol. The van der Waals surface area contributed by atoms with E-state index in [1.165, 1.54) is 11.8 Å². The van der Waals surface area contributed by atoms with Gasteiger partial charge in [-0.15, -0.1) is 0 Å². The predicted octanol–water partition coefficient (Wildman–Crippen LogP) is 3.66. The maximum atomic E-state index is 12.8. The number of nitrogens with zero attached hydrogens (tertiary/aromatic N) is 1. The topological polar surface area (TPSA) is 59.1 Å². The number of nitrogens with one attached hydrogen (secondary N) is 1. The second kappa shape index (κ2) is 6.69. The first-order valence-corrected chi connectivity index (χ1v) is 9.13. The lowest BCUT2D eigenvalue weighted by molar-refractivity contribution is -0.112. The molecule has 1 saturated heterocycles. The molecule has 1 aliphatic rings. The Bertz CT molecular complexity index is 956. The second-order valence-corrected chi connectivity index (χ2v) is 7.02. The van der Waals surface area contributed by atoms with Crippen LogP contribution in [0.1, 0.15) is 16.8 Å². The Balaban J connectivity index is 1.78. The minimum absolute atomic E-state index is 0.0370. The molecular formula is C20H16N2O2S. The van der Waals surface area contributed by atoms with Crippen molar-refractivity contribution in [1.82, 2.24) is 10.3 Å². The second-order valence-electron chi connectivity index (χ2n) is 5.92. The van der Waals surface area contributed by atoms with Gasteiger partial charge in [0.25, 0.3) is 5.91 Å². The zero-order valence-electron chi connectivity index (χ0n) is 13.4. The van der Waals surface area contributed by atoms with Crippen LogP contribution in [0.25, 0.3) is 22.2 Å². The number of para-hydroxylation sites is 1. The lowest BCUT2D eigenvalue weighted by atomic mass is 10.0. The molecule has 1 N–H and O–H groups in total. The molecule has 2 heterocycles. The summed E-state index contributed by atoms with van der Waals surface area (Å²) in [5, 5.41) is 3.71. The van der Waals surface area contributed by atoms with Crippen molar-refractivity contribution in [2.45, 2.75) is 12.5 Å². The average Bonchev–Trinajstić information content (AvgIpc) is 3.06. The molecule has 4 rings (SSSR count). The van der Waals surface area contributed by atoms with Gasteiger partial charge in [0.15, 0.2) is 0 Å².